The minimum absolute atomic E-state index is 0.0453. The summed E-state index contributed by atoms with van der Waals surface area (Å²) in [6, 6.07) is 9.46. The van der Waals surface area contributed by atoms with Gasteiger partial charge in [0.2, 0.25) is 5.91 Å². The summed E-state index contributed by atoms with van der Waals surface area (Å²) >= 11 is 0. The molecule has 0 radical (unpaired) electrons. The van der Waals surface area contributed by atoms with Crippen LogP contribution in [0.3, 0.4) is 0 Å². The Labute approximate surface area is 124 Å². The SMILES string of the molecule is C[C@@](O)(CNC(=O)C1CCCC1)c1cc2ccccc2o1. The van der Waals surface area contributed by atoms with Crippen LogP contribution in [-0.4, -0.2) is 17.6 Å². The first-order valence-corrected chi connectivity index (χ1v) is 7.55. The highest BCUT2D eigenvalue weighted by Gasteiger charge is 2.30. The highest BCUT2D eigenvalue weighted by molar-refractivity contribution is 5.79. The van der Waals surface area contributed by atoms with Gasteiger partial charge in [-0.15, -0.1) is 0 Å². The Hall–Kier alpha value is -1.81. The number of hydrogen-bond donors (Lipinski definition) is 2. The number of nitrogens with one attached hydrogen (secondary N) is 1. The van der Waals surface area contributed by atoms with Crippen LogP contribution in [0.1, 0.15) is 38.4 Å². The number of amides is 1. The second-order valence-corrected chi connectivity index (χ2v) is 6.12. The lowest BCUT2D eigenvalue weighted by atomic mass is 10.0. The van der Waals surface area contributed by atoms with Crippen molar-refractivity contribution in [3.05, 3.63) is 36.1 Å². The van der Waals surface area contributed by atoms with Gasteiger partial charge < -0.3 is 14.8 Å². The fourth-order valence-electron chi connectivity index (χ4n) is 2.93. The van der Waals surface area contributed by atoms with Crippen molar-refractivity contribution in [2.24, 2.45) is 5.92 Å². The Morgan fingerprint density at radius 2 is 2.10 bits per heavy atom. The fraction of sp³-hybridized carbons (Fsp3) is 0.471. The van der Waals surface area contributed by atoms with E-state index in [1.165, 1.54) is 0 Å². The van der Waals surface area contributed by atoms with Crippen molar-refractivity contribution < 1.29 is 14.3 Å². The summed E-state index contributed by atoms with van der Waals surface area (Å²) in [6.45, 7) is 1.84. The Morgan fingerprint density at radius 3 is 2.81 bits per heavy atom. The number of hydrogen-bond acceptors (Lipinski definition) is 3. The second-order valence-electron chi connectivity index (χ2n) is 6.12. The molecule has 1 amide bonds. The molecule has 1 aliphatic carbocycles. The number of fused-ring (bicyclic) bond motifs is 1. The van der Waals surface area contributed by atoms with E-state index in [-0.39, 0.29) is 18.4 Å². The number of aliphatic hydroxyl groups is 1. The maximum Gasteiger partial charge on any atom is 0.223 e. The van der Waals surface area contributed by atoms with Crippen LogP contribution >= 0.6 is 0 Å². The summed E-state index contributed by atoms with van der Waals surface area (Å²) in [7, 11) is 0. The quantitative estimate of drug-likeness (QED) is 0.908. The normalized spacial score (nSPS) is 18.8. The predicted octanol–water partition coefficient (Wildman–Crippen LogP) is 2.95. The van der Waals surface area contributed by atoms with E-state index in [0.717, 1.165) is 36.7 Å². The topological polar surface area (TPSA) is 62.5 Å². The van der Waals surface area contributed by atoms with Gasteiger partial charge in [-0.25, -0.2) is 0 Å². The molecule has 3 rings (SSSR count). The number of rotatable bonds is 4. The zero-order chi connectivity index (χ0) is 14.9. The van der Waals surface area contributed by atoms with E-state index in [1.54, 1.807) is 6.92 Å². The third kappa shape index (κ3) is 2.95. The summed E-state index contributed by atoms with van der Waals surface area (Å²) in [4.78, 5) is 12.0. The fourth-order valence-corrected chi connectivity index (χ4v) is 2.93. The maximum atomic E-state index is 12.0. The summed E-state index contributed by atoms with van der Waals surface area (Å²) in [6.07, 6.45) is 4.16. The molecule has 21 heavy (non-hydrogen) atoms. The molecule has 2 aromatic rings. The molecular formula is C17H21NO3. The number of para-hydroxylation sites is 1. The standard InChI is InChI=1S/C17H21NO3/c1-17(20,11-18-16(19)12-6-2-3-7-12)15-10-13-8-4-5-9-14(13)21-15/h4-5,8-10,12,20H,2-3,6-7,11H2,1H3,(H,18,19)/t17-/m1/s1. The van der Waals surface area contributed by atoms with Gasteiger partial charge in [0.15, 0.2) is 0 Å². The molecule has 0 aliphatic heterocycles. The van der Waals surface area contributed by atoms with Crippen molar-refractivity contribution in [1.82, 2.24) is 5.32 Å². The van der Waals surface area contributed by atoms with Crippen LogP contribution in [0, 0.1) is 5.92 Å². The molecule has 4 heteroatoms. The van der Waals surface area contributed by atoms with Crippen LogP contribution in [-0.2, 0) is 10.4 Å². The van der Waals surface area contributed by atoms with Crippen LogP contribution in [0.4, 0.5) is 0 Å². The average Bonchev–Trinajstić information content (AvgIpc) is 3.13. The molecule has 4 nitrogen and oxygen atoms in total. The molecule has 0 unspecified atom stereocenters. The van der Waals surface area contributed by atoms with Crippen LogP contribution < -0.4 is 5.32 Å². The number of furan rings is 1. The second kappa shape index (κ2) is 5.53. The minimum Gasteiger partial charge on any atom is -0.458 e. The molecule has 1 atom stereocenters. The van der Waals surface area contributed by atoms with Gasteiger partial charge in [-0.1, -0.05) is 31.0 Å². The third-order valence-corrected chi connectivity index (χ3v) is 4.29. The smallest absolute Gasteiger partial charge is 0.223 e. The lowest BCUT2D eigenvalue weighted by Gasteiger charge is -2.22. The molecule has 0 bridgehead atoms. The summed E-state index contributed by atoms with van der Waals surface area (Å²) in [5.41, 5.74) is -0.456. The van der Waals surface area contributed by atoms with Crippen LogP contribution in [0.5, 0.6) is 0 Å². The van der Waals surface area contributed by atoms with Gasteiger partial charge in [-0.05, 0) is 31.9 Å². The Morgan fingerprint density at radius 1 is 1.38 bits per heavy atom. The van der Waals surface area contributed by atoms with Gasteiger partial charge in [-0.3, -0.25) is 4.79 Å². The Balaban J connectivity index is 1.69. The molecule has 1 aliphatic rings. The van der Waals surface area contributed by atoms with Crippen molar-refractivity contribution >= 4 is 16.9 Å². The minimum atomic E-state index is -1.20. The predicted molar refractivity (Wildman–Crippen MR) is 80.8 cm³/mol. The van der Waals surface area contributed by atoms with E-state index in [9.17, 15) is 9.90 Å². The van der Waals surface area contributed by atoms with E-state index in [0.29, 0.717) is 5.76 Å². The maximum absolute atomic E-state index is 12.0. The number of carbonyl (C=O) groups excluding carboxylic acids is 1. The van der Waals surface area contributed by atoms with Crippen molar-refractivity contribution in [3.63, 3.8) is 0 Å². The lowest BCUT2D eigenvalue weighted by Crippen LogP contribution is -2.40. The van der Waals surface area contributed by atoms with Gasteiger partial charge in [-0.2, -0.15) is 0 Å². The van der Waals surface area contributed by atoms with Crippen LogP contribution in [0.25, 0.3) is 11.0 Å². The molecule has 1 heterocycles. The van der Waals surface area contributed by atoms with Crippen molar-refractivity contribution in [1.29, 1.82) is 0 Å². The molecule has 112 valence electrons. The van der Waals surface area contributed by atoms with Gasteiger partial charge in [0, 0.05) is 11.3 Å². The molecule has 2 N–H and O–H groups in total. The first kappa shape index (κ1) is 14.1. The summed E-state index contributed by atoms with van der Waals surface area (Å²) in [5.74, 6) is 0.635. The van der Waals surface area contributed by atoms with Crippen molar-refractivity contribution in [2.45, 2.75) is 38.2 Å². The number of benzene rings is 1. The molecule has 1 aromatic carbocycles. The van der Waals surface area contributed by atoms with E-state index in [4.69, 9.17) is 4.42 Å². The molecule has 0 saturated heterocycles. The Kier molecular flexibility index (Phi) is 3.72. The first-order chi connectivity index (χ1) is 10.1. The van der Waals surface area contributed by atoms with Gasteiger partial charge in [0.1, 0.15) is 16.9 Å². The molecular weight excluding hydrogens is 266 g/mol. The van der Waals surface area contributed by atoms with Crippen molar-refractivity contribution in [2.75, 3.05) is 6.54 Å². The largest absolute Gasteiger partial charge is 0.458 e. The van der Waals surface area contributed by atoms with E-state index in [1.807, 2.05) is 30.3 Å². The summed E-state index contributed by atoms with van der Waals surface area (Å²) < 4.78 is 5.69. The van der Waals surface area contributed by atoms with Gasteiger partial charge >= 0.3 is 0 Å². The Bertz CT molecular complexity index is 605. The van der Waals surface area contributed by atoms with E-state index >= 15 is 0 Å². The molecule has 0 spiro atoms. The highest BCUT2D eigenvalue weighted by atomic mass is 16.4. The molecule has 1 aromatic heterocycles. The monoisotopic (exact) mass is 287 g/mol. The summed E-state index contributed by atoms with van der Waals surface area (Å²) in [5, 5.41) is 14.4. The zero-order valence-corrected chi connectivity index (χ0v) is 12.3. The van der Waals surface area contributed by atoms with Crippen LogP contribution in [0.15, 0.2) is 34.7 Å². The zero-order valence-electron chi connectivity index (χ0n) is 12.3. The molecule has 1 saturated carbocycles. The first-order valence-electron chi connectivity index (χ1n) is 7.55. The lowest BCUT2D eigenvalue weighted by molar-refractivity contribution is -0.126. The number of carbonyl (C=O) groups is 1. The van der Waals surface area contributed by atoms with Gasteiger partial charge in [0.25, 0.3) is 0 Å². The molecule has 1 fully saturated rings. The third-order valence-electron chi connectivity index (χ3n) is 4.29. The average molecular weight is 287 g/mol. The van der Waals surface area contributed by atoms with Crippen LogP contribution in [0.2, 0.25) is 0 Å². The van der Waals surface area contributed by atoms with E-state index in [2.05, 4.69) is 5.32 Å². The van der Waals surface area contributed by atoms with Crippen molar-refractivity contribution in [3.8, 4) is 0 Å². The van der Waals surface area contributed by atoms with E-state index < -0.39 is 5.60 Å². The highest BCUT2D eigenvalue weighted by Crippen LogP contribution is 2.28. The van der Waals surface area contributed by atoms with Gasteiger partial charge in [0.05, 0.1) is 6.54 Å².